The summed E-state index contributed by atoms with van der Waals surface area (Å²) in [6, 6.07) is 9.15. The molecule has 0 bridgehead atoms. The van der Waals surface area contributed by atoms with Gasteiger partial charge in [-0.1, -0.05) is 39.8 Å². The molecule has 2 N–H and O–H groups in total. The Labute approximate surface area is 145 Å². The highest BCUT2D eigenvalue weighted by Gasteiger charge is 2.15. The van der Waals surface area contributed by atoms with E-state index in [1.807, 2.05) is 39.0 Å². The van der Waals surface area contributed by atoms with Crippen molar-refractivity contribution >= 4 is 33.6 Å². The van der Waals surface area contributed by atoms with Crippen molar-refractivity contribution in [2.24, 2.45) is 0 Å². The van der Waals surface area contributed by atoms with Crippen LogP contribution in [0.4, 0.5) is 4.79 Å². The topological polar surface area (TPSA) is 67.4 Å². The fourth-order valence-electron chi connectivity index (χ4n) is 1.52. The number of benzene rings is 1. The summed E-state index contributed by atoms with van der Waals surface area (Å²) in [4.78, 5) is 23.2. The smallest absolute Gasteiger partial charge is 0.407 e. The largest absolute Gasteiger partial charge is 0.444 e. The van der Waals surface area contributed by atoms with Crippen LogP contribution in [0.15, 0.2) is 30.3 Å². The number of rotatable bonds is 8. The molecular formula is C16H24N2O3S2. The van der Waals surface area contributed by atoms with Gasteiger partial charge >= 0.3 is 6.09 Å². The minimum atomic E-state index is -0.469. The van der Waals surface area contributed by atoms with E-state index in [0.717, 1.165) is 11.5 Å². The standard InChI is InChI=1S/C16H24N2O3S2/c1-16(2,3)21-15(20)18-10-12-23-22-11-9-17-14(19)13-7-5-4-6-8-13/h4-8H,9-12H2,1-3H3,(H,17,19)(H,18,20). The summed E-state index contributed by atoms with van der Waals surface area (Å²) in [5.74, 6) is 1.55. The van der Waals surface area contributed by atoms with Crippen LogP contribution in [0.5, 0.6) is 0 Å². The molecule has 0 radical (unpaired) electrons. The Kier molecular flexibility index (Phi) is 8.94. The number of hydrogen-bond acceptors (Lipinski definition) is 5. The second kappa shape index (κ2) is 10.4. The zero-order valence-corrected chi connectivity index (χ0v) is 15.4. The Bertz CT molecular complexity index is 490. The van der Waals surface area contributed by atoms with E-state index in [-0.39, 0.29) is 5.91 Å². The molecule has 0 aromatic heterocycles. The molecule has 0 saturated carbocycles. The normalized spacial score (nSPS) is 10.9. The van der Waals surface area contributed by atoms with Crippen molar-refractivity contribution in [3.05, 3.63) is 35.9 Å². The maximum absolute atomic E-state index is 11.8. The van der Waals surface area contributed by atoms with Gasteiger partial charge in [0.15, 0.2) is 0 Å². The van der Waals surface area contributed by atoms with E-state index in [9.17, 15) is 9.59 Å². The molecule has 0 heterocycles. The molecule has 0 aliphatic heterocycles. The van der Waals surface area contributed by atoms with Gasteiger partial charge in [-0.3, -0.25) is 4.79 Å². The van der Waals surface area contributed by atoms with Gasteiger partial charge in [-0.25, -0.2) is 4.79 Å². The van der Waals surface area contributed by atoms with Crippen LogP contribution in [0.25, 0.3) is 0 Å². The zero-order valence-electron chi connectivity index (χ0n) is 13.8. The lowest BCUT2D eigenvalue weighted by molar-refractivity contribution is 0.0531. The highest BCUT2D eigenvalue weighted by atomic mass is 33.1. The van der Waals surface area contributed by atoms with E-state index in [4.69, 9.17) is 4.74 Å². The second-order valence-electron chi connectivity index (χ2n) is 5.69. The number of carbonyl (C=O) groups is 2. The number of amides is 2. The van der Waals surface area contributed by atoms with E-state index in [2.05, 4.69) is 10.6 Å². The predicted octanol–water partition coefficient (Wildman–Crippen LogP) is 3.32. The Hall–Kier alpha value is -1.34. The van der Waals surface area contributed by atoms with E-state index in [1.165, 1.54) is 0 Å². The minimum absolute atomic E-state index is 0.0530. The van der Waals surface area contributed by atoms with Crippen LogP contribution >= 0.6 is 21.6 Å². The molecule has 0 unspecified atom stereocenters. The molecule has 2 amide bonds. The van der Waals surface area contributed by atoms with Crippen molar-refractivity contribution < 1.29 is 14.3 Å². The number of carbonyl (C=O) groups excluding carboxylic acids is 2. The summed E-state index contributed by atoms with van der Waals surface area (Å²) in [5, 5.41) is 5.58. The monoisotopic (exact) mass is 356 g/mol. The molecule has 23 heavy (non-hydrogen) atoms. The lowest BCUT2D eigenvalue weighted by atomic mass is 10.2. The summed E-state index contributed by atoms with van der Waals surface area (Å²) in [6.07, 6.45) is -0.391. The predicted molar refractivity (Wildman–Crippen MR) is 97.9 cm³/mol. The van der Waals surface area contributed by atoms with E-state index in [0.29, 0.717) is 18.7 Å². The van der Waals surface area contributed by atoms with Gasteiger partial charge < -0.3 is 15.4 Å². The summed E-state index contributed by atoms with van der Waals surface area (Å²) in [5.41, 5.74) is 0.204. The molecule has 0 spiro atoms. The quantitative estimate of drug-likeness (QED) is 0.552. The van der Waals surface area contributed by atoms with Gasteiger partial charge in [-0.2, -0.15) is 0 Å². The molecule has 0 aliphatic carbocycles. The Morgan fingerprint density at radius 3 is 2.13 bits per heavy atom. The molecule has 1 rings (SSSR count). The Morgan fingerprint density at radius 1 is 1.00 bits per heavy atom. The first kappa shape index (κ1) is 19.7. The molecule has 0 saturated heterocycles. The first-order valence-electron chi connectivity index (χ1n) is 7.43. The average molecular weight is 357 g/mol. The third kappa shape index (κ3) is 10.1. The molecule has 7 heteroatoms. The molecule has 5 nitrogen and oxygen atoms in total. The highest BCUT2D eigenvalue weighted by molar-refractivity contribution is 8.76. The maximum atomic E-state index is 11.8. The van der Waals surface area contributed by atoms with Crippen LogP contribution in [-0.2, 0) is 4.74 Å². The van der Waals surface area contributed by atoms with E-state index in [1.54, 1.807) is 33.7 Å². The van der Waals surface area contributed by atoms with E-state index >= 15 is 0 Å². The minimum Gasteiger partial charge on any atom is -0.444 e. The summed E-state index contributed by atoms with van der Waals surface area (Å²) in [6.45, 7) is 6.68. The third-order valence-electron chi connectivity index (χ3n) is 2.44. The number of alkyl carbamates (subject to hydrolysis) is 1. The lowest BCUT2D eigenvalue weighted by Gasteiger charge is -2.19. The van der Waals surface area contributed by atoms with Gasteiger partial charge in [0.05, 0.1) is 0 Å². The van der Waals surface area contributed by atoms with Crippen LogP contribution in [0.2, 0.25) is 0 Å². The van der Waals surface area contributed by atoms with Crippen molar-refractivity contribution in [1.29, 1.82) is 0 Å². The maximum Gasteiger partial charge on any atom is 0.407 e. The summed E-state index contributed by atoms with van der Waals surface area (Å²) in [7, 11) is 3.32. The van der Waals surface area contributed by atoms with Crippen molar-refractivity contribution in [1.82, 2.24) is 10.6 Å². The van der Waals surface area contributed by atoms with Gasteiger partial charge in [0.2, 0.25) is 0 Å². The third-order valence-corrected chi connectivity index (χ3v) is 4.85. The van der Waals surface area contributed by atoms with Crippen LogP contribution in [0.1, 0.15) is 31.1 Å². The number of ether oxygens (including phenoxy) is 1. The molecular weight excluding hydrogens is 332 g/mol. The molecule has 0 atom stereocenters. The SMILES string of the molecule is CC(C)(C)OC(=O)NCCSSCCNC(=O)c1ccccc1. The second-order valence-corrected chi connectivity index (χ2v) is 8.40. The Balaban J connectivity index is 1.98. The van der Waals surface area contributed by atoms with Gasteiger partial charge in [-0.15, -0.1) is 0 Å². The zero-order chi connectivity index (χ0) is 17.1. The van der Waals surface area contributed by atoms with Gasteiger partial charge in [0.25, 0.3) is 5.91 Å². The van der Waals surface area contributed by atoms with Crippen LogP contribution < -0.4 is 10.6 Å². The molecule has 1 aromatic carbocycles. The average Bonchev–Trinajstić information content (AvgIpc) is 2.48. The fourth-order valence-corrected chi connectivity index (χ4v) is 3.34. The van der Waals surface area contributed by atoms with Crippen molar-refractivity contribution in [2.75, 3.05) is 24.6 Å². The molecule has 0 aliphatic rings. The van der Waals surface area contributed by atoms with Crippen molar-refractivity contribution in [3.63, 3.8) is 0 Å². The molecule has 1 aromatic rings. The van der Waals surface area contributed by atoms with Crippen LogP contribution in [0.3, 0.4) is 0 Å². The highest BCUT2D eigenvalue weighted by Crippen LogP contribution is 2.19. The number of hydrogen-bond donors (Lipinski definition) is 2. The van der Waals surface area contributed by atoms with Crippen LogP contribution in [-0.4, -0.2) is 42.2 Å². The molecule has 128 valence electrons. The van der Waals surface area contributed by atoms with Gasteiger partial charge in [0, 0.05) is 30.2 Å². The number of nitrogens with one attached hydrogen (secondary N) is 2. The first-order chi connectivity index (χ1) is 10.9. The molecule has 0 fully saturated rings. The van der Waals surface area contributed by atoms with Crippen molar-refractivity contribution in [3.8, 4) is 0 Å². The fraction of sp³-hybridized carbons (Fsp3) is 0.500. The summed E-state index contributed by atoms with van der Waals surface area (Å²) >= 11 is 0. The van der Waals surface area contributed by atoms with Gasteiger partial charge in [0.1, 0.15) is 5.60 Å². The first-order valence-corrected chi connectivity index (χ1v) is 9.92. The summed E-state index contributed by atoms with van der Waals surface area (Å²) < 4.78 is 5.14. The Morgan fingerprint density at radius 2 is 1.57 bits per heavy atom. The lowest BCUT2D eigenvalue weighted by Crippen LogP contribution is -2.33. The van der Waals surface area contributed by atoms with Crippen LogP contribution in [0, 0.1) is 0 Å². The van der Waals surface area contributed by atoms with E-state index < -0.39 is 11.7 Å². The van der Waals surface area contributed by atoms with Crippen molar-refractivity contribution in [2.45, 2.75) is 26.4 Å². The van der Waals surface area contributed by atoms with Gasteiger partial charge in [-0.05, 0) is 32.9 Å².